The Morgan fingerprint density at radius 2 is 2.10 bits per heavy atom. The molecule has 5 nitrogen and oxygen atoms in total. The van der Waals surface area contributed by atoms with Crippen LogP contribution < -0.4 is 10.6 Å². The van der Waals surface area contributed by atoms with Gasteiger partial charge in [-0.2, -0.15) is 0 Å². The summed E-state index contributed by atoms with van der Waals surface area (Å²) in [6.45, 7) is 6.11. The number of carbonyl (C=O) groups excluding carboxylic acids is 1. The topological polar surface area (TPSA) is 57.3 Å². The van der Waals surface area contributed by atoms with Crippen molar-refractivity contribution >= 4 is 11.7 Å². The quantitative estimate of drug-likeness (QED) is 0.714. The largest absolute Gasteiger partial charge is 0.373 e. The van der Waals surface area contributed by atoms with E-state index in [1.54, 1.807) is 13.1 Å². The number of hydrogen-bond donors (Lipinski definition) is 2. The number of hydrogen-bond acceptors (Lipinski definition) is 4. The summed E-state index contributed by atoms with van der Waals surface area (Å²) in [5.41, 5.74) is 0.455. The molecule has 0 aromatic carbocycles. The van der Waals surface area contributed by atoms with Crippen LogP contribution in [0.5, 0.6) is 0 Å². The average Bonchev–Trinajstić information content (AvgIpc) is 2.46. The first kappa shape index (κ1) is 16.4. The first-order valence-electron chi connectivity index (χ1n) is 7.18. The molecule has 5 heteroatoms. The lowest BCUT2D eigenvalue weighted by Crippen LogP contribution is -2.29. The summed E-state index contributed by atoms with van der Waals surface area (Å²) in [5, 5.41) is 5.83. The third kappa shape index (κ3) is 5.57. The van der Waals surface area contributed by atoms with Gasteiger partial charge in [0.25, 0.3) is 5.91 Å². The Morgan fingerprint density at radius 3 is 2.75 bits per heavy atom. The number of nitrogens with zero attached hydrogens (tertiary/aromatic N) is 2. The van der Waals surface area contributed by atoms with Crippen molar-refractivity contribution in [3.63, 3.8) is 0 Å². The summed E-state index contributed by atoms with van der Waals surface area (Å²) in [6, 6.07) is 5.95. The first-order chi connectivity index (χ1) is 9.54. The van der Waals surface area contributed by atoms with E-state index >= 15 is 0 Å². The van der Waals surface area contributed by atoms with Crippen molar-refractivity contribution in [1.29, 1.82) is 0 Å². The van der Waals surface area contributed by atoms with Gasteiger partial charge >= 0.3 is 0 Å². The van der Waals surface area contributed by atoms with Crippen molar-refractivity contribution in [1.82, 2.24) is 15.2 Å². The van der Waals surface area contributed by atoms with Crippen LogP contribution in [-0.4, -0.2) is 49.0 Å². The molecule has 112 valence electrons. The standard InChI is InChI=1S/C15H26N4O/c1-12(2)19(4)11-6-5-10-17-15(20)13-8-7-9-14(16-3)18-13/h7-9,12H,5-6,10-11H2,1-4H3,(H,16,18)(H,17,20). The molecule has 0 bridgehead atoms. The maximum atomic E-state index is 11.9. The number of carbonyl (C=O) groups is 1. The lowest BCUT2D eigenvalue weighted by atomic mass is 10.2. The molecule has 0 saturated heterocycles. The molecule has 20 heavy (non-hydrogen) atoms. The van der Waals surface area contributed by atoms with E-state index in [-0.39, 0.29) is 5.91 Å². The molecule has 0 radical (unpaired) electrons. The number of pyridine rings is 1. The van der Waals surface area contributed by atoms with Crippen molar-refractivity contribution < 1.29 is 4.79 Å². The zero-order valence-electron chi connectivity index (χ0n) is 12.9. The van der Waals surface area contributed by atoms with Gasteiger partial charge < -0.3 is 15.5 Å². The molecule has 0 atom stereocenters. The van der Waals surface area contributed by atoms with Gasteiger partial charge in [-0.25, -0.2) is 4.98 Å². The molecule has 0 aliphatic heterocycles. The highest BCUT2D eigenvalue weighted by molar-refractivity contribution is 5.92. The van der Waals surface area contributed by atoms with E-state index in [0.717, 1.165) is 19.4 Å². The van der Waals surface area contributed by atoms with Crippen LogP contribution in [0, 0.1) is 0 Å². The van der Waals surface area contributed by atoms with E-state index < -0.39 is 0 Å². The summed E-state index contributed by atoms with van der Waals surface area (Å²) in [7, 11) is 3.91. The molecule has 2 N–H and O–H groups in total. The molecule has 0 saturated carbocycles. The maximum Gasteiger partial charge on any atom is 0.269 e. The molecule has 1 amide bonds. The molecule has 0 aliphatic rings. The zero-order valence-corrected chi connectivity index (χ0v) is 12.9. The predicted octanol–water partition coefficient (Wildman–Crippen LogP) is 1.97. The Labute approximate surface area is 121 Å². The fraction of sp³-hybridized carbons (Fsp3) is 0.600. The van der Waals surface area contributed by atoms with Crippen LogP contribution >= 0.6 is 0 Å². The minimum atomic E-state index is -0.112. The van der Waals surface area contributed by atoms with Gasteiger partial charge in [0, 0.05) is 19.6 Å². The van der Waals surface area contributed by atoms with Gasteiger partial charge in [0.05, 0.1) is 0 Å². The second kappa shape index (κ2) is 8.53. The molecule has 0 unspecified atom stereocenters. The van der Waals surface area contributed by atoms with Gasteiger partial charge in [-0.1, -0.05) is 6.07 Å². The smallest absolute Gasteiger partial charge is 0.269 e. The normalized spacial score (nSPS) is 10.9. The molecule has 1 heterocycles. The second-order valence-corrected chi connectivity index (χ2v) is 5.20. The van der Waals surface area contributed by atoms with Crippen LogP contribution in [0.4, 0.5) is 5.82 Å². The summed E-state index contributed by atoms with van der Waals surface area (Å²) in [4.78, 5) is 18.4. The summed E-state index contributed by atoms with van der Waals surface area (Å²) >= 11 is 0. The van der Waals surface area contributed by atoms with Crippen LogP contribution in [0.15, 0.2) is 18.2 Å². The minimum Gasteiger partial charge on any atom is -0.373 e. The third-order valence-corrected chi connectivity index (χ3v) is 3.34. The Hall–Kier alpha value is -1.62. The van der Waals surface area contributed by atoms with Crippen LogP contribution in [0.1, 0.15) is 37.2 Å². The summed E-state index contributed by atoms with van der Waals surface area (Å²) in [5.74, 6) is 0.593. The summed E-state index contributed by atoms with van der Waals surface area (Å²) in [6.07, 6.45) is 2.06. The fourth-order valence-corrected chi connectivity index (χ4v) is 1.74. The minimum absolute atomic E-state index is 0.112. The lowest BCUT2D eigenvalue weighted by molar-refractivity contribution is 0.0947. The van der Waals surface area contributed by atoms with E-state index in [0.29, 0.717) is 24.1 Å². The number of nitrogens with one attached hydrogen (secondary N) is 2. The Balaban J connectivity index is 2.26. The highest BCUT2D eigenvalue weighted by Crippen LogP contribution is 2.03. The van der Waals surface area contributed by atoms with E-state index in [1.165, 1.54) is 0 Å². The van der Waals surface area contributed by atoms with Crippen molar-refractivity contribution in [2.45, 2.75) is 32.7 Å². The van der Waals surface area contributed by atoms with Gasteiger partial charge in [0.15, 0.2) is 0 Å². The van der Waals surface area contributed by atoms with Gasteiger partial charge in [0.2, 0.25) is 0 Å². The Bertz CT molecular complexity index is 420. The van der Waals surface area contributed by atoms with E-state index in [4.69, 9.17) is 0 Å². The van der Waals surface area contributed by atoms with Crippen LogP contribution in [0.25, 0.3) is 0 Å². The zero-order chi connectivity index (χ0) is 15.0. The van der Waals surface area contributed by atoms with Crippen molar-refractivity contribution in [3.8, 4) is 0 Å². The number of anilines is 1. The van der Waals surface area contributed by atoms with E-state index in [1.807, 2.05) is 12.1 Å². The Kier molecular flexibility index (Phi) is 7.01. The molecular weight excluding hydrogens is 252 g/mol. The van der Waals surface area contributed by atoms with Gasteiger partial charge in [-0.15, -0.1) is 0 Å². The second-order valence-electron chi connectivity index (χ2n) is 5.20. The SMILES string of the molecule is CNc1cccc(C(=O)NCCCCN(C)C(C)C)n1. The number of amides is 1. The van der Waals surface area contributed by atoms with Gasteiger partial charge in [0.1, 0.15) is 11.5 Å². The predicted molar refractivity (Wildman–Crippen MR) is 83.1 cm³/mol. The molecule has 0 aliphatic carbocycles. The molecule has 1 aromatic heterocycles. The van der Waals surface area contributed by atoms with Gasteiger partial charge in [-0.05, 0) is 52.4 Å². The molecule has 0 spiro atoms. The number of unbranched alkanes of at least 4 members (excludes halogenated alkanes) is 1. The number of aromatic nitrogens is 1. The van der Waals surface area contributed by atoms with Crippen molar-refractivity contribution in [2.75, 3.05) is 32.5 Å². The van der Waals surface area contributed by atoms with Crippen LogP contribution in [0.2, 0.25) is 0 Å². The van der Waals surface area contributed by atoms with Crippen LogP contribution in [-0.2, 0) is 0 Å². The highest BCUT2D eigenvalue weighted by atomic mass is 16.1. The maximum absolute atomic E-state index is 11.9. The first-order valence-corrected chi connectivity index (χ1v) is 7.18. The monoisotopic (exact) mass is 278 g/mol. The number of rotatable bonds is 8. The summed E-state index contributed by atoms with van der Waals surface area (Å²) < 4.78 is 0. The lowest BCUT2D eigenvalue weighted by Gasteiger charge is -2.20. The highest BCUT2D eigenvalue weighted by Gasteiger charge is 2.07. The molecule has 0 fully saturated rings. The van der Waals surface area contributed by atoms with Crippen molar-refractivity contribution in [3.05, 3.63) is 23.9 Å². The molecular formula is C15H26N4O. The van der Waals surface area contributed by atoms with Gasteiger partial charge in [-0.3, -0.25) is 4.79 Å². The van der Waals surface area contributed by atoms with Crippen molar-refractivity contribution in [2.24, 2.45) is 0 Å². The Morgan fingerprint density at radius 1 is 1.35 bits per heavy atom. The van der Waals surface area contributed by atoms with Crippen LogP contribution in [0.3, 0.4) is 0 Å². The average molecular weight is 278 g/mol. The van der Waals surface area contributed by atoms with E-state index in [9.17, 15) is 4.79 Å². The fourth-order valence-electron chi connectivity index (χ4n) is 1.74. The van der Waals surface area contributed by atoms with E-state index in [2.05, 4.69) is 41.4 Å². The molecule has 1 rings (SSSR count). The third-order valence-electron chi connectivity index (χ3n) is 3.34. The molecule has 1 aromatic rings.